The summed E-state index contributed by atoms with van der Waals surface area (Å²) in [5.74, 6) is 3.56. The summed E-state index contributed by atoms with van der Waals surface area (Å²) < 4.78 is 18.1. The lowest BCUT2D eigenvalue weighted by Gasteiger charge is -2.09. The van der Waals surface area contributed by atoms with Gasteiger partial charge in [0, 0.05) is 6.54 Å². The lowest BCUT2D eigenvalue weighted by atomic mass is 10.2. The molecule has 0 spiro atoms. The molecular weight excluding hydrogens is 342 g/mol. The maximum absolute atomic E-state index is 5.42. The van der Waals surface area contributed by atoms with Crippen LogP contribution in [-0.4, -0.2) is 39.1 Å². The first-order chi connectivity index (χ1) is 12.2. The number of aromatic nitrogens is 5. The van der Waals surface area contributed by atoms with Crippen LogP contribution in [0.1, 0.15) is 18.6 Å². The van der Waals surface area contributed by atoms with Crippen molar-refractivity contribution < 1.29 is 14.0 Å². The summed E-state index contributed by atoms with van der Waals surface area (Å²) >= 11 is 1.51. The van der Waals surface area contributed by atoms with Gasteiger partial charge in [-0.3, -0.25) is 0 Å². The van der Waals surface area contributed by atoms with E-state index in [9.17, 15) is 0 Å². The van der Waals surface area contributed by atoms with Gasteiger partial charge in [-0.05, 0) is 26.0 Å². The molecule has 0 N–H and O–H groups in total. The molecule has 2 aromatic heterocycles. The van der Waals surface area contributed by atoms with Crippen LogP contribution in [0.5, 0.6) is 11.5 Å². The van der Waals surface area contributed by atoms with Crippen molar-refractivity contribution in [1.82, 2.24) is 24.9 Å². The Kier molecular flexibility index (Phi) is 5.22. The lowest BCUT2D eigenvalue weighted by molar-refractivity contribution is 0.355. The highest BCUT2D eigenvalue weighted by Crippen LogP contribution is 2.36. The molecule has 132 valence electrons. The van der Waals surface area contributed by atoms with E-state index in [2.05, 4.69) is 27.3 Å². The van der Waals surface area contributed by atoms with Gasteiger partial charge >= 0.3 is 0 Å². The summed E-state index contributed by atoms with van der Waals surface area (Å²) in [7, 11) is 3.17. The number of para-hydroxylation sites is 1. The topological polar surface area (TPSA) is 88.1 Å². The van der Waals surface area contributed by atoms with Gasteiger partial charge in [0.2, 0.25) is 11.7 Å². The van der Waals surface area contributed by atoms with Crippen molar-refractivity contribution in [2.24, 2.45) is 0 Å². The molecule has 0 atom stereocenters. The highest BCUT2D eigenvalue weighted by atomic mass is 32.2. The van der Waals surface area contributed by atoms with Crippen LogP contribution in [0.25, 0.3) is 11.4 Å². The van der Waals surface area contributed by atoms with E-state index in [-0.39, 0.29) is 0 Å². The molecule has 25 heavy (non-hydrogen) atoms. The molecule has 0 saturated carbocycles. The summed E-state index contributed by atoms with van der Waals surface area (Å²) in [5.41, 5.74) is 0.717. The SMILES string of the molecule is CCn1c(C)nnc1SCc1nc(-c2cccc(OC)c2OC)no1. The molecule has 0 unspecified atom stereocenters. The number of hydrogen-bond donors (Lipinski definition) is 0. The van der Waals surface area contributed by atoms with Crippen molar-refractivity contribution in [1.29, 1.82) is 0 Å². The largest absolute Gasteiger partial charge is 0.493 e. The van der Waals surface area contributed by atoms with E-state index in [0.717, 1.165) is 23.1 Å². The van der Waals surface area contributed by atoms with Crippen molar-refractivity contribution in [3.05, 3.63) is 29.9 Å². The molecule has 2 heterocycles. The Hall–Kier alpha value is -2.55. The molecule has 9 heteroatoms. The number of nitrogens with zero attached hydrogens (tertiary/aromatic N) is 5. The third-order valence-electron chi connectivity index (χ3n) is 3.65. The average Bonchev–Trinajstić information content (AvgIpc) is 3.25. The molecule has 0 aliphatic heterocycles. The minimum absolute atomic E-state index is 0.458. The molecular formula is C16H19N5O3S. The van der Waals surface area contributed by atoms with E-state index >= 15 is 0 Å². The molecule has 1 aromatic carbocycles. The molecule has 8 nitrogen and oxygen atoms in total. The first-order valence-electron chi connectivity index (χ1n) is 7.74. The van der Waals surface area contributed by atoms with Crippen LogP contribution in [-0.2, 0) is 12.3 Å². The molecule has 0 bridgehead atoms. The highest BCUT2D eigenvalue weighted by Gasteiger charge is 2.17. The third-order valence-corrected chi connectivity index (χ3v) is 4.61. The zero-order chi connectivity index (χ0) is 17.8. The van der Waals surface area contributed by atoms with Crippen LogP contribution < -0.4 is 9.47 Å². The number of aryl methyl sites for hydroxylation is 1. The predicted molar refractivity (Wildman–Crippen MR) is 92.8 cm³/mol. The number of methoxy groups -OCH3 is 2. The smallest absolute Gasteiger partial charge is 0.237 e. The Labute approximate surface area is 149 Å². The summed E-state index contributed by atoms with van der Waals surface area (Å²) in [4.78, 5) is 4.45. The third kappa shape index (κ3) is 3.46. The van der Waals surface area contributed by atoms with Crippen LogP contribution in [0, 0.1) is 6.92 Å². The minimum atomic E-state index is 0.458. The summed E-state index contributed by atoms with van der Waals surface area (Å²) in [6.45, 7) is 4.80. The van der Waals surface area contributed by atoms with Crippen LogP contribution in [0.2, 0.25) is 0 Å². The number of rotatable bonds is 7. The summed E-state index contributed by atoms with van der Waals surface area (Å²) in [5, 5.41) is 13.1. The van der Waals surface area contributed by atoms with E-state index < -0.39 is 0 Å². The molecule has 0 aliphatic carbocycles. The number of benzene rings is 1. The van der Waals surface area contributed by atoms with Gasteiger partial charge in [0.1, 0.15) is 5.82 Å². The summed E-state index contributed by atoms with van der Waals surface area (Å²) in [6, 6.07) is 5.53. The zero-order valence-electron chi connectivity index (χ0n) is 14.5. The van der Waals surface area contributed by atoms with Gasteiger partial charge in [-0.2, -0.15) is 4.98 Å². The second-order valence-electron chi connectivity index (χ2n) is 5.12. The molecule has 3 aromatic rings. The fourth-order valence-electron chi connectivity index (χ4n) is 2.44. The molecule has 3 rings (SSSR count). The fourth-order valence-corrected chi connectivity index (χ4v) is 3.33. The highest BCUT2D eigenvalue weighted by molar-refractivity contribution is 7.98. The van der Waals surface area contributed by atoms with E-state index in [1.807, 2.05) is 29.7 Å². The van der Waals surface area contributed by atoms with Crippen molar-refractivity contribution >= 4 is 11.8 Å². The Balaban J connectivity index is 1.79. The monoisotopic (exact) mass is 361 g/mol. The van der Waals surface area contributed by atoms with Crippen molar-refractivity contribution in [3.8, 4) is 22.9 Å². The Morgan fingerprint density at radius 1 is 1.20 bits per heavy atom. The van der Waals surface area contributed by atoms with Gasteiger partial charge in [-0.1, -0.05) is 23.0 Å². The van der Waals surface area contributed by atoms with Crippen LogP contribution in [0.4, 0.5) is 0 Å². The molecule has 0 aliphatic rings. The van der Waals surface area contributed by atoms with Crippen LogP contribution >= 0.6 is 11.8 Å². The van der Waals surface area contributed by atoms with E-state index in [4.69, 9.17) is 14.0 Å². The Morgan fingerprint density at radius 2 is 2.04 bits per heavy atom. The number of hydrogen-bond acceptors (Lipinski definition) is 8. The molecule has 0 radical (unpaired) electrons. The Morgan fingerprint density at radius 3 is 2.76 bits per heavy atom. The normalized spacial score (nSPS) is 10.9. The molecule has 0 saturated heterocycles. The first kappa shape index (κ1) is 17.3. The maximum atomic E-state index is 5.42. The fraction of sp³-hybridized carbons (Fsp3) is 0.375. The van der Waals surface area contributed by atoms with E-state index in [1.54, 1.807) is 14.2 Å². The first-order valence-corrected chi connectivity index (χ1v) is 8.73. The minimum Gasteiger partial charge on any atom is -0.493 e. The van der Waals surface area contributed by atoms with Crippen molar-refractivity contribution in [3.63, 3.8) is 0 Å². The van der Waals surface area contributed by atoms with E-state index in [1.165, 1.54) is 11.8 Å². The number of ether oxygens (including phenoxy) is 2. The second-order valence-corrected chi connectivity index (χ2v) is 6.06. The van der Waals surface area contributed by atoms with Crippen LogP contribution in [0.3, 0.4) is 0 Å². The predicted octanol–water partition coefficient (Wildman–Crippen LogP) is 2.97. The average molecular weight is 361 g/mol. The van der Waals surface area contributed by atoms with Gasteiger partial charge in [0.25, 0.3) is 0 Å². The lowest BCUT2D eigenvalue weighted by Crippen LogP contribution is -1.99. The van der Waals surface area contributed by atoms with Gasteiger partial charge < -0.3 is 18.6 Å². The van der Waals surface area contributed by atoms with Crippen LogP contribution in [0.15, 0.2) is 27.9 Å². The standard InChI is InChI=1S/C16H19N5O3S/c1-5-21-10(2)18-19-16(21)25-9-13-17-15(20-24-13)11-7-6-8-12(22-3)14(11)23-4/h6-8H,5,9H2,1-4H3. The second kappa shape index (κ2) is 7.56. The molecule has 0 fully saturated rings. The molecule has 0 amide bonds. The summed E-state index contributed by atoms with van der Waals surface area (Å²) in [6.07, 6.45) is 0. The van der Waals surface area contributed by atoms with Gasteiger partial charge in [-0.25, -0.2) is 0 Å². The van der Waals surface area contributed by atoms with E-state index in [0.29, 0.717) is 29.0 Å². The van der Waals surface area contributed by atoms with Crippen molar-refractivity contribution in [2.45, 2.75) is 31.3 Å². The maximum Gasteiger partial charge on any atom is 0.237 e. The van der Waals surface area contributed by atoms with Gasteiger partial charge in [0.15, 0.2) is 16.7 Å². The quantitative estimate of drug-likeness (QED) is 0.594. The van der Waals surface area contributed by atoms with Gasteiger partial charge in [-0.15, -0.1) is 10.2 Å². The van der Waals surface area contributed by atoms with Gasteiger partial charge in [0.05, 0.1) is 25.5 Å². The zero-order valence-corrected chi connectivity index (χ0v) is 15.3. The Bertz CT molecular complexity index is 861. The number of thioether (sulfide) groups is 1. The van der Waals surface area contributed by atoms with Crippen molar-refractivity contribution in [2.75, 3.05) is 14.2 Å².